The molecule has 0 spiro atoms. The SMILES string of the molecule is CC(C)N(C)S(=O)(=O)N(CC(=O)O)CC(F)(F)F. The van der Waals surface area contributed by atoms with E-state index in [-0.39, 0.29) is 4.31 Å². The Kier molecular flexibility index (Phi) is 5.56. The van der Waals surface area contributed by atoms with E-state index in [2.05, 4.69) is 0 Å². The van der Waals surface area contributed by atoms with E-state index in [4.69, 9.17) is 5.11 Å². The predicted octanol–water partition coefficient (Wildman–Crippen LogP) is 0.520. The van der Waals surface area contributed by atoms with Crippen LogP contribution < -0.4 is 0 Å². The van der Waals surface area contributed by atoms with Gasteiger partial charge < -0.3 is 5.11 Å². The summed E-state index contributed by atoms with van der Waals surface area (Å²) in [6, 6.07) is -0.584. The number of carbonyl (C=O) groups is 1. The zero-order valence-corrected chi connectivity index (χ0v) is 10.9. The van der Waals surface area contributed by atoms with E-state index in [1.54, 1.807) is 0 Å². The lowest BCUT2D eigenvalue weighted by molar-refractivity contribution is -0.146. The van der Waals surface area contributed by atoms with Crippen molar-refractivity contribution < 1.29 is 31.5 Å². The van der Waals surface area contributed by atoms with Crippen LogP contribution in [0.4, 0.5) is 13.2 Å². The van der Waals surface area contributed by atoms with E-state index in [0.717, 1.165) is 7.05 Å². The molecule has 0 radical (unpaired) electrons. The number of carboxylic acid groups (broad SMARTS) is 1. The molecule has 18 heavy (non-hydrogen) atoms. The van der Waals surface area contributed by atoms with Crippen molar-refractivity contribution in [2.24, 2.45) is 0 Å². The Bertz CT molecular complexity index is 394. The number of rotatable bonds is 6. The monoisotopic (exact) mass is 292 g/mol. The Hall–Kier alpha value is -0.870. The van der Waals surface area contributed by atoms with Gasteiger partial charge in [0.2, 0.25) is 0 Å². The molecule has 0 aromatic rings. The predicted molar refractivity (Wildman–Crippen MR) is 57.1 cm³/mol. The molecule has 108 valence electrons. The van der Waals surface area contributed by atoms with E-state index in [9.17, 15) is 26.4 Å². The van der Waals surface area contributed by atoms with Crippen LogP contribution in [0.25, 0.3) is 0 Å². The highest BCUT2D eigenvalue weighted by molar-refractivity contribution is 7.86. The van der Waals surface area contributed by atoms with Gasteiger partial charge in [-0.15, -0.1) is 0 Å². The lowest BCUT2D eigenvalue weighted by Gasteiger charge is -2.29. The summed E-state index contributed by atoms with van der Waals surface area (Å²) in [5.41, 5.74) is 0. The number of halogens is 3. The van der Waals surface area contributed by atoms with Crippen molar-refractivity contribution >= 4 is 16.2 Å². The summed E-state index contributed by atoms with van der Waals surface area (Å²) in [6.45, 7) is -0.147. The van der Waals surface area contributed by atoms with E-state index >= 15 is 0 Å². The molecule has 0 aliphatic carbocycles. The molecule has 0 aromatic carbocycles. The molecule has 0 atom stereocenters. The second-order valence-corrected chi connectivity index (χ2v) is 5.88. The molecule has 0 saturated carbocycles. The molecule has 0 aromatic heterocycles. The molecule has 0 rings (SSSR count). The minimum absolute atomic E-state index is 0.116. The zero-order chi connectivity index (χ0) is 14.7. The highest BCUT2D eigenvalue weighted by Gasteiger charge is 2.39. The van der Waals surface area contributed by atoms with Gasteiger partial charge in [0.25, 0.3) is 10.2 Å². The second-order valence-electron chi connectivity index (χ2n) is 3.89. The van der Waals surface area contributed by atoms with Crippen molar-refractivity contribution in [1.82, 2.24) is 8.61 Å². The van der Waals surface area contributed by atoms with Crippen LogP contribution in [0.1, 0.15) is 13.8 Å². The average molecular weight is 292 g/mol. The first-order valence-electron chi connectivity index (χ1n) is 4.89. The molecule has 0 unspecified atom stereocenters. The van der Waals surface area contributed by atoms with Crippen LogP contribution in [-0.4, -0.2) is 60.5 Å². The number of alkyl halides is 3. The maximum atomic E-state index is 12.2. The fourth-order valence-corrected chi connectivity index (χ4v) is 2.50. The second kappa shape index (κ2) is 5.85. The first kappa shape index (κ1) is 17.1. The highest BCUT2D eigenvalue weighted by atomic mass is 32.2. The summed E-state index contributed by atoms with van der Waals surface area (Å²) in [5, 5.41) is 8.47. The first-order chi connectivity index (χ1) is 7.88. The van der Waals surface area contributed by atoms with Crippen molar-refractivity contribution in [2.45, 2.75) is 26.1 Å². The van der Waals surface area contributed by atoms with Crippen LogP contribution in [0.5, 0.6) is 0 Å². The number of carboxylic acids is 1. The summed E-state index contributed by atoms with van der Waals surface area (Å²) >= 11 is 0. The lowest BCUT2D eigenvalue weighted by atomic mass is 10.4. The van der Waals surface area contributed by atoms with Crippen LogP contribution in [0, 0.1) is 0 Å². The van der Waals surface area contributed by atoms with Gasteiger partial charge in [-0.3, -0.25) is 4.79 Å². The van der Waals surface area contributed by atoms with Crippen LogP contribution in [0.2, 0.25) is 0 Å². The van der Waals surface area contributed by atoms with Gasteiger partial charge in [-0.2, -0.15) is 30.2 Å². The number of aliphatic carboxylic acids is 1. The Morgan fingerprint density at radius 2 is 1.78 bits per heavy atom. The van der Waals surface area contributed by atoms with Crippen molar-refractivity contribution in [3.63, 3.8) is 0 Å². The molecule has 10 heteroatoms. The molecule has 0 fully saturated rings. The average Bonchev–Trinajstić information content (AvgIpc) is 2.12. The number of hydrogen-bond donors (Lipinski definition) is 1. The molecule has 0 heterocycles. The summed E-state index contributed by atoms with van der Waals surface area (Å²) in [6.07, 6.45) is -4.81. The summed E-state index contributed by atoms with van der Waals surface area (Å²) in [7, 11) is -3.37. The van der Waals surface area contributed by atoms with E-state index in [1.807, 2.05) is 0 Å². The third-order valence-corrected chi connectivity index (χ3v) is 4.14. The van der Waals surface area contributed by atoms with E-state index in [1.165, 1.54) is 13.8 Å². The van der Waals surface area contributed by atoms with Gasteiger partial charge in [-0.25, -0.2) is 0 Å². The summed E-state index contributed by atoms with van der Waals surface area (Å²) < 4.78 is 60.8. The fourth-order valence-electron chi connectivity index (χ4n) is 1.02. The Morgan fingerprint density at radius 1 is 1.33 bits per heavy atom. The van der Waals surface area contributed by atoms with Gasteiger partial charge in [0.1, 0.15) is 13.1 Å². The van der Waals surface area contributed by atoms with Crippen LogP contribution in [0.3, 0.4) is 0 Å². The Morgan fingerprint density at radius 3 is 2.06 bits per heavy atom. The molecule has 0 amide bonds. The van der Waals surface area contributed by atoms with Gasteiger partial charge in [-0.05, 0) is 13.8 Å². The maximum Gasteiger partial charge on any atom is 0.402 e. The summed E-state index contributed by atoms with van der Waals surface area (Å²) in [5.74, 6) is -1.65. The van der Waals surface area contributed by atoms with Crippen molar-refractivity contribution in [1.29, 1.82) is 0 Å². The number of hydrogen-bond acceptors (Lipinski definition) is 3. The van der Waals surface area contributed by atoms with E-state index in [0.29, 0.717) is 4.31 Å². The normalized spacial score (nSPS) is 13.6. The van der Waals surface area contributed by atoms with Gasteiger partial charge >= 0.3 is 12.1 Å². The highest BCUT2D eigenvalue weighted by Crippen LogP contribution is 2.20. The molecule has 0 aliphatic heterocycles. The molecular formula is C8H15F3N2O4S. The van der Waals surface area contributed by atoms with Crippen LogP contribution in [-0.2, 0) is 15.0 Å². The molecule has 0 bridgehead atoms. The van der Waals surface area contributed by atoms with Crippen molar-refractivity contribution in [3.8, 4) is 0 Å². The van der Waals surface area contributed by atoms with Gasteiger partial charge in [0, 0.05) is 13.1 Å². The minimum atomic E-state index is -4.81. The van der Waals surface area contributed by atoms with Gasteiger partial charge in [0.05, 0.1) is 0 Å². The van der Waals surface area contributed by atoms with E-state index < -0.39 is 41.5 Å². The fraction of sp³-hybridized carbons (Fsp3) is 0.875. The standard InChI is InChI=1S/C8H15F3N2O4S/c1-6(2)12(3)18(16,17)13(4-7(14)15)5-8(9,10)11/h6H,4-5H2,1-3H3,(H,14,15). The largest absolute Gasteiger partial charge is 0.480 e. The lowest BCUT2D eigenvalue weighted by Crippen LogP contribution is -2.49. The third kappa shape index (κ3) is 5.19. The maximum absolute atomic E-state index is 12.2. The Balaban J connectivity index is 5.24. The first-order valence-corrected chi connectivity index (χ1v) is 6.29. The minimum Gasteiger partial charge on any atom is -0.480 e. The Labute approximate surface area is 103 Å². The summed E-state index contributed by atoms with van der Waals surface area (Å²) in [4.78, 5) is 10.4. The van der Waals surface area contributed by atoms with Gasteiger partial charge in [0.15, 0.2) is 0 Å². The smallest absolute Gasteiger partial charge is 0.402 e. The van der Waals surface area contributed by atoms with Crippen LogP contribution in [0.15, 0.2) is 0 Å². The quantitative estimate of drug-likeness (QED) is 0.774. The third-order valence-electron chi connectivity index (χ3n) is 2.08. The van der Waals surface area contributed by atoms with Crippen molar-refractivity contribution in [3.05, 3.63) is 0 Å². The molecule has 1 N–H and O–H groups in total. The molecule has 6 nitrogen and oxygen atoms in total. The topological polar surface area (TPSA) is 77.9 Å². The zero-order valence-electron chi connectivity index (χ0n) is 10.1. The van der Waals surface area contributed by atoms with Crippen LogP contribution >= 0.6 is 0 Å². The number of nitrogens with zero attached hydrogens (tertiary/aromatic N) is 2. The molecule has 0 saturated heterocycles. The molecule has 0 aliphatic rings. The van der Waals surface area contributed by atoms with Gasteiger partial charge in [-0.1, -0.05) is 0 Å². The molecular weight excluding hydrogens is 277 g/mol. The van der Waals surface area contributed by atoms with Crippen molar-refractivity contribution in [2.75, 3.05) is 20.1 Å².